The first kappa shape index (κ1) is 17.5. The van der Waals surface area contributed by atoms with E-state index in [-0.39, 0.29) is 5.69 Å². The Morgan fingerprint density at radius 2 is 1.71 bits per heavy atom. The second-order valence-corrected chi connectivity index (χ2v) is 4.32. The molecule has 0 aliphatic heterocycles. The molecule has 0 atom stereocenters. The number of aromatic nitrogens is 1. The van der Waals surface area contributed by atoms with Crippen LogP contribution in [0.25, 0.3) is 0 Å². The third-order valence-electron chi connectivity index (χ3n) is 2.40. The van der Waals surface area contributed by atoms with Crippen molar-refractivity contribution in [2.24, 2.45) is 0 Å². The highest BCUT2D eigenvalue weighted by molar-refractivity contribution is 5.25. The van der Waals surface area contributed by atoms with Gasteiger partial charge in [-0.15, -0.1) is 0 Å². The molecule has 1 aromatic heterocycles. The van der Waals surface area contributed by atoms with Gasteiger partial charge in [-0.1, -0.05) is 6.92 Å². The first-order valence-electron chi connectivity index (χ1n) is 6.02. The summed E-state index contributed by atoms with van der Waals surface area (Å²) in [5.74, 6) is -0.706. The van der Waals surface area contributed by atoms with Gasteiger partial charge in [-0.2, -0.15) is 26.3 Å². The molecule has 0 bridgehead atoms. The van der Waals surface area contributed by atoms with E-state index in [1.165, 1.54) is 6.92 Å². The molecule has 0 aliphatic rings. The third-order valence-corrected chi connectivity index (χ3v) is 2.40. The summed E-state index contributed by atoms with van der Waals surface area (Å²) < 4.78 is 78.6. The number of hydrogen-bond acceptors (Lipinski definition) is 3. The summed E-state index contributed by atoms with van der Waals surface area (Å²) in [7, 11) is 0. The number of rotatable bonds is 5. The van der Waals surface area contributed by atoms with E-state index >= 15 is 0 Å². The van der Waals surface area contributed by atoms with Crippen LogP contribution in [0.15, 0.2) is 12.1 Å². The molecule has 21 heavy (non-hydrogen) atoms. The molecule has 1 rings (SSSR count). The number of alkyl halides is 6. The molecule has 0 aromatic carbocycles. The summed E-state index contributed by atoms with van der Waals surface area (Å²) >= 11 is 0. The van der Waals surface area contributed by atoms with Gasteiger partial charge in [-0.3, -0.25) is 0 Å². The molecule has 0 radical (unpaired) electrons. The van der Waals surface area contributed by atoms with Crippen molar-refractivity contribution >= 4 is 0 Å². The van der Waals surface area contributed by atoms with Crippen molar-refractivity contribution in [1.29, 1.82) is 0 Å². The largest absolute Gasteiger partial charge is 0.455 e. The lowest BCUT2D eigenvalue weighted by Crippen LogP contribution is -2.46. The normalized spacial score (nSPS) is 12.8. The summed E-state index contributed by atoms with van der Waals surface area (Å²) in [5.41, 5.74) is 0.756. The lowest BCUT2D eigenvalue weighted by molar-refractivity contribution is -0.300. The maximum absolute atomic E-state index is 12.4. The zero-order chi connectivity index (χ0) is 16.3. The van der Waals surface area contributed by atoms with Gasteiger partial charge in [0.05, 0.1) is 0 Å². The van der Waals surface area contributed by atoms with E-state index < -0.39 is 24.3 Å². The van der Waals surface area contributed by atoms with Gasteiger partial charge in [0.25, 0.3) is 6.10 Å². The number of nitrogens with zero attached hydrogens (tertiary/aromatic N) is 1. The van der Waals surface area contributed by atoms with Crippen molar-refractivity contribution < 1.29 is 31.1 Å². The van der Waals surface area contributed by atoms with Crippen LogP contribution in [-0.4, -0.2) is 30.0 Å². The standard InChI is InChI=1S/C12H14F6N2O/c1-3-19-6-8-4-7(2)20-9(5-8)21-10(11(13,14)15)12(16,17)18/h4-5,10,19H,3,6H2,1-2H3. The Labute approximate surface area is 117 Å². The van der Waals surface area contributed by atoms with Gasteiger partial charge in [-0.05, 0) is 25.1 Å². The molecule has 0 saturated carbocycles. The average Bonchev–Trinajstić information content (AvgIpc) is 2.30. The van der Waals surface area contributed by atoms with Crippen LogP contribution in [0.3, 0.4) is 0 Å². The Morgan fingerprint density at radius 3 is 2.19 bits per heavy atom. The third kappa shape index (κ3) is 5.41. The zero-order valence-electron chi connectivity index (χ0n) is 11.3. The van der Waals surface area contributed by atoms with Gasteiger partial charge in [0.2, 0.25) is 5.88 Å². The maximum Gasteiger partial charge on any atom is 0.434 e. The van der Waals surface area contributed by atoms with Crippen LogP contribution in [0, 0.1) is 6.92 Å². The highest BCUT2D eigenvalue weighted by atomic mass is 19.4. The first-order chi connectivity index (χ1) is 9.54. The number of pyridine rings is 1. The molecule has 1 aromatic rings. The predicted octanol–water partition coefficient (Wildman–Crippen LogP) is 3.37. The fraction of sp³-hybridized carbons (Fsp3) is 0.583. The van der Waals surface area contributed by atoms with Crippen LogP contribution < -0.4 is 10.1 Å². The Kier molecular flexibility index (Phi) is 5.43. The summed E-state index contributed by atoms with van der Waals surface area (Å²) in [6.07, 6.45) is -15.0. The van der Waals surface area contributed by atoms with Crippen LogP contribution >= 0.6 is 0 Å². The van der Waals surface area contributed by atoms with E-state index in [2.05, 4.69) is 15.0 Å². The lowest BCUT2D eigenvalue weighted by Gasteiger charge is -2.23. The number of halogens is 6. The van der Waals surface area contributed by atoms with Crippen molar-refractivity contribution in [3.63, 3.8) is 0 Å². The van der Waals surface area contributed by atoms with E-state index in [0.29, 0.717) is 18.7 Å². The summed E-state index contributed by atoms with van der Waals surface area (Å²) in [6.45, 7) is 4.16. The molecule has 1 N–H and O–H groups in total. The van der Waals surface area contributed by atoms with Gasteiger partial charge in [-0.25, -0.2) is 4.98 Å². The highest BCUT2D eigenvalue weighted by Gasteiger charge is 2.59. The van der Waals surface area contributed by atoms with E-state index in [9.17, 15) is 26.3 Å². The smallest absolute Gasteiger partial charge is 0.434 e. The van der Waals surface area contributed by atoms with Gasteiger partial charge in [0.15, 0.2) is 0 Å². The van der Waals surface area contributed by atoms with Crippen LogP contribution in [0.5, 0.6) is 5.88 Å². The van der Waals surface area contributed by atoms with Crippen molar-refractivity contribution in [2.45, 2.75) is 38.8 Å². The fourth-order valence-electron chi connectivity index (χ4n) is 1.58. The number of nitrogens with one attached hydrogen (secondary N) is 1. The fourth-order valence-corrected chi connectivity index (χ4v) is 1.58. The Balaban J connectivity index is 3.01. The van der Waals surface area contributed by atoms with Gasteiger partial charge in [0, 0.05) is 18.3 Å². The summed E-state index contributed by atoms with van der Waals surface area (Å²) in [4.78, 5) is 3.56. The van der Waals surface area contributed by atoms with Crippen molar-refractivity contribution in [1.82, 2.24) is 10.3 Å². The van der Waals surface area contributed by atoms with Gasteiger partial charge in [0.1, 0.15) is 0 Å². The van der Waals surface area contributed by atoms with Crippen LogP contribution in [0.2, 0.25) is 0 Å². The monoisotopic (exact) mass is 316 g/mol. The molecule has 0 fully saturated rings. The van der Waals surface area contributed by atoms with Crippen molar-refractivity contribution in [3.8, 4) is 5.88 Å². The minimum Gasteiger partial charge on any atom is -0.455 e. The zero-order valence-corrected chi connectivity index (χ0v) is 11.3. The van der Waals surface area contributed by atoms with E-state index in [1.807, 2.05) is 6.92 Å². The molecule has 0 aliphatic carbocycles. The Hall–Kier alpha value is -1.51. The molecular weight excluding hydrogens is 302 g/mol. The predicted molar refractivity (Wildman–Crippen MR) is 62.9 cm³/mol. The molecule has 0 spiro atoms. The SMILES string of the molecule is CCNCc1cc(C)nc(OC(C(F)(F)F)C(F)(F)F)c1. The maximum atomic E-state index is 12.4. The molecule has 0 amide bonds. The first-order valence-corrected chi connectivity index (χ1v) is 6.02. The van der Waals surface area contributed by atoms with Crippen LogP contribution in [0.1, 0.15) is 18.2 Å². The quantitative estimate of drug-likeness (QED) is 0.846. The average molecular weight is 316 g/mol. The molecule has 9 heteroatoms. The minimum atomic E-state index is -5.56. The van der Waals surface area contributed by atoms with E-state index in [4.69, 9.17) is 0 Å². The van der Waals surface area contributed by atoms with Crippen molar-refractivity contribution in [2.75, 3.05) is 6.54 Å². The minimum absolute atomic E-state index is 0.267. The molecule has 1 heterocycles. The van der Waals surface area contributed by atoms with Gasteiger partial charge >= 0.3 is 12.4 Å². The van der Waals surface area contributed by atoms with Crippen LogP contribution in [0.4, 0.5) is 26.3 Å². The Bertz CT molecular complexity index is 458. The molecule has 120 valence electrons. The molecule has 3 nitrogen and oxygen atoms in total. The Morgan fingerprint density at radius 1 is 1.14 bits per heavy atom. The highest BCUT2D eigenvalue weighted by Crippen LogP contribution is 2.36. The van der Waals surface area contributed by atoms with E-state index in [0.717, 1.165) is 6.07 Å². The number of ether oxygens (including phenoxy) is 1. The van der Waals surface area contributed by atoms with Crippen molar-refractivity contribution in [3.05, 3.63) is 23.4 Å². The molecular formula is C12H14F6N2O. The molecule has 0 unspecified atom stereocenters. The summed E-state index contributed by atoms with van der Waals surface area (Å²) in [5, 5.41) is 2.91. The van der Waals surface area contributed by atoms with Crippen LogP contribution in [-0.2, 0) is 6.54 Å². The van der Waals surface area contributed by atoms with E-state index in [1.54, 1.807) is 6.07 Å². The molecule has 0 saturated heterocycles. The topological polar surface area (TPSA) is 34.2 Å². The number of aryl methyl sites for hydroxylation is 1. The number of hydrogen-bond donors (Lipinski definition) is 1. The summed E-state index contributed by atoms with van der Waals surface area (Å²) in [6, 6.07) is 2.60. The lowest BCUT2D eigenvalue weighted by atomic mass is 10.2. The second-order valence-electron chi connectivity index (χ2n) is 4.32. The second kappa shape index (κ2) is 6.50. The van der Waals surface area contributed by atoms with Gasteiger partial charge < -0.3 is 10.1 Å².